The quantitative estimate of drug-likeness (QED) is 0.169. The van der Waals surface area contributed by atoms with Crippen molar-refractivity contribution in [2.75, 3.05) is 4.90 Å². The fourth-order valence-electron chi connectivity index (χ4n) is 9.63. The van der Waals surface area contributed by atoms with Crippen LogP contribution in [0.25, 0.3) is 44.5 Å². The Hall–Kier alpha value is -6.44. The molecule has 0 atom stereocenters. The highest BCUT2D eigenvalue weighted by Gasteiger charge is 2.53. The van der Waals surface area contributed by atoms with Gasteiger partial charge in [-0.15, -0.1) is 0 Å². The Kier molecular flexibility index (Phi) is 8.25. The van der Waals surface area contributed by atoms with Crippen LogP contribution in [-0.4, -0.2) is 0 Å². The molecule has 0 aromatic heterocycles. The molecule has 1 heteroatoms. The summed E-state index contributed by atoms with van der Waals surface area (Å²) in [7, 11) is 0. The summed E-state index contributed by atoms with van der Waals surface area (Å²) in [6, 6.07) is 70.4. The fraction of sp³-hybridized carbons (Fsp3) is 0.158. The van der Waals surface area contributed by atoms with E-state index >= 15 is 0 Å². The Bertz CT molecular complexity index is 2670. The van der Waals surface area contributed by atoms with E-state index in [-0.39, 0.29) is 10.8 Å². The Balaban J connectivity index is 1.25. The number of nitrogens with zero attached hydrogens (tertiary/aromatic N) is 1. The van der Waals surface area contributed by atoms with Crippen LogP contribution in [0, 0.1) is 0 Å². The molecule has 58 heavy (non-hydrogen) atoms. The van der Waals surface area contributed by atoms with Gasteiger partial charge in [0.25, 0.3) is 0 Å². The summed E-state index contributed by atoms with van der Waals surface area (Å²) in [6.45, 7) is 14.0. The molecule has 1 nitrogen and oxygen atoms in total. The second kappa shape index (κ2) is 13.3. The smallest absolute Gasteiger partial charge is 0.0726 e. The maximum atomic E-state index is 2.53. The van der Waals surface area contributed by atoms with Gasteiger partial charge in [-0.3, -0.25) is 0 Å². The average Bonchev–Trinajstić information content (AvgIpc) is 3.71. The number of hydrogen-bond donors (Lipinski definition) is 0. The lowest BCUT2D eigenvalue weighted by molar-refractivity contribution is 0.586. The van der Waals surface area contributed by atoms with E-state index in [2.05, 4.69) is 234 Å². The van der Waals surface area contributed by atoms with Crippen molar-refractivity contribution in [2.45, 2.75) is 57.8 Å². The van der Waals surface area contributed by atoms with Crippen LogP contribution < -0.4 is 4.90 Å². The van der Waals surface area contributed by atoms with Crippen LogP contribution in [-0.2, 0) is 16.2 Å². The van der Waals surface area contributed by atoms with E-state index < -0.39 is 5.41 Å². The molecular formula is C57H49N. The lowest BCUT2D eigenvalue weighted by Crippen LogP contribution is -2.27. The topological polar surface area (TPSA) is 3.24 Å². The van der Waals surface area contributed by atoms with Gasteiger partial charge in [-0.2, -0.15) is 0 Å². The molecule has 10 rings (SSSR count). The Morgan fingerprint density at radius 2 is 0.776 bits per heavy atom. The second-order valence-electron chi connectivity index (χ2n) is 18.2. The predicted octanol–water partition coefficient (Wildman–Crippen LogP) is 15.4. The van der Waals surface area contributed by atoms with E-state index in [0.717, 1.165) is 11.4 Å². The standard InChI is InChI=1S/C57H49N/c1-55(2,3)42-28-34-46-47-35-29-43(56(4,5)6)37-52(47)57(51(46)36-42)49-21-14-13-20-48(49)54-50(57)22-15-23-53(54)58(44-30-24-40(25-31-44)38-16-9-7-10-17-38)45-32-26-41(27-33-45)39-18-11-8-12-19-39/h7-37H,1-6H3. The molecule has 0 saturated heterocycles. The summed E-state index contributed by atoms with van der Waals surface area (Å²) in [5.41, 5.74) is 21.2. The van der Waals surface area contributed by atoms with E-state index in [9.17, 15) is 0 Å². The predicted molar refractivity (Wildman–Crippen MR) is 246 cm³/mol. The van der Waals surface area contributed by atoms with Gasteiger partial charge >= 0.3 is 0 Å². The normalized spacial score (nSPS) is 13.5. The number of rotatable bonds is 5. The molecule has 1 spiro atoms. The molecule has 2 aliphatic rings. The molecular weight excluding hydrogens is 699 g/mol. The van der Waals surface area contributed by atoms with Crippen molar-refractivity contribution in [3.8, 4) is 44.5 Å². The highest BCUT2D eigenvalue weighted by atomic mass is 15.1. The summed E-state index contributed by atoms with van der Waals surface area (Å²) >= 11 is 0. The summed E-state index contributed by atoms with van der Waals surface area (Å²) in [5.74, 6) is 0. The molecule has 0 amide bonds. The van der Waals surface area contributed by atoms with Crippen molar-refractivity contribution in [2.24, 2.45) is 0 Å². The molecule has 0 heterocycles. The zero-order valence-electron chi connectivity index (χ0n) is 34.3. The first-order chi connectivity index (χ1) is 28.0. The van der Waals surface area contributed by atoms with Gasteiger partial charge in [-0.25, -0.2) is 0 Å². The molecule has 2 aliphatic carbocycles. The SMILES string of the molecule is CC(C)(C)c1ccc2c(c1)C1(c3cc(C(C)(C)C)ccc3-2)c2ccccc2-c2c(N(c3ccc(-c4ccccc4)cc3)c3ccc(-c4ccccc4)cc3)cccc21. The molecule has 0 aliphatic heterocycles. The number of benzene rings is 8. The van der Waals surface area contributed by atoms with Crippen molar-refractivity contribution in [3.63, 3.8) is 0 Å². The van der Waals surface area contributed by atoms with Gasteiger partial charge in [0.1, 0.15) is 0 Å². The van der Waals surface area contributed by atoms with E-state index in [1.54, 1.807) is 0 Å². The lowest BCUT2D eigenvalue weighted by atomic mass is 9.69. The summed E-state index contributed by atoms with van der Waals surface area (Å²) < 4.78 is 0. The molecule has 0 bridgehead atoms. The van der Waals surface area contributed by atoms with Crippen molar-refractivity contribution >= 4 is 17.1 Å². The van der Waals surface area contributed by atoms with Gasteiger partial charge in [-0.1, -0.05) is 199 Å². The molecule has 0 fully saturated rings. The van der Waals surface area contributed by atoms with E-state index in [1.807, 2.05) is 0 Å². The van der Waals surface area contributed by atoms with Crippen LogP contribution in [0.2, 0.25) is 0 Å². The van der Waals surface area contributed by atoms with Crippen LogP contribution in [0.1, 0.15) is 74.9 Å². The number of fused-ring (bicyclic) bond motifs is 10. The Labute approximate surface area is 344 Å². The minimum atomic E-state index is -0.477. The van der Waals surface area contributed by atoms with Gasteiger partial charge in [0, 0.05) is 16.9 Å². The minimum absolute atomic E-state index is 0.00100. The second-order valence-corrected chi connectivity index (χ2v) is 18.2. The van der Waals surface area contributed by atoms with Crippen molar-refractivity contribution < 1.29 is 0 Å². The minimum Gasteiger partial charge on any atom is -0.310 e. The first kappa shape index (κ1) is 35.9. The maximum absolute atomic E-state index is 2.53. The molecule has 8 aromatic carbocycles. The monoisotopic (exact) mass is 747 g/mol. The third-order valence-electron chi connectivity index (χ3n) is 12.6. The van der Waals surface area contributed by atoms with Crippen LogP contribution in [0.5, 0.6) is 0 Å². The van der Waals surface area contributed by atoms with Gasteiger partial charge in [0.05, 0.1) is 11.1 Å². The van der Waals surface area contributed by atoms with E-state index in [0.29, 0.717) is 0 Å². The molecule has 0 unspecified atom stereocenters. The number of anilines is 3. The summed E-state index contributed by atoms with van der Waals surface area (Å²) in [4.78, 5) is 2.48. The van der Waals surface area contributed by atoms with Crippen LogP contribution in [0.3, 0.4) is 0 Å². The first-order valence-electron chi connectivity index (χ1n) is 20.7. The van der Waals surface area contributed by atoms with Gasteiger partial charge in [-0.05, 0) is 113 Å². The Morgan fingerprint density at radius 1 is 0.345 bits per heavy atom. The molecule has 0 saturated carbocycles. The fourth-order valence-corrected chi connectivity index (χ4v) is 9.63. The van der Waals surface area contributed by atoms with Gasteiger partial charge in [0.15, 0.2) is 0 Å². The molecule has 0 radical (unpaired) electrons. The van der Waals surface area contributed by atoms with Crippen LogP contribution in [0.15, 0.2) is 188 Å². The van der Waals surface area contributed by atoms with E-state index in [4.69, 9.17) is 0 Å². The highest BCUT2D eigenvalue weighted by molar-refractivity contribution is 6.01. The molecule has 282 valence electrons. The highest BCUT2D eigenvalue weighted by Crippen LogP contribution is 2.65. The average molecular weight is 748 g/mol. The van der Waals surface area contributed by atoms with Crippen molar-refractivity contribution in [3.05, 3.63) is 221 Å². The van der Waals surface area contributed by atoms with Crippen LogP contribution in [0.4, 0.5) is 17.1 Å². The zero-order valence-corrected chi connectivity index (χ0v) is 34.3. The van der Waals surface area contributed by atoms with Crippen molar-refractivity contribution in [1.82, 2.24) is 0 Å². The van der Waals surface area contributed by atoms with Crippen molar-refractivity contribution in [1.29, 1.82) is 0 Å². The van der Waals surface area contributed by atoms with Gasteiger partial charge in [0.2, 0.25) is 0 Å². The first-order valence-corrected chi connectivity index (χ1v) is 20.7. The summed E-state index contributed by atoms with van der Waals surface area (Å²) in [5, 5.41) is 0. The molecule has 8 aromatic rings. The third-order valence-corrected chi connectivity index (χ3v) is 12.6. The summed E-state index contributed by atoms with van der Waals surface area (Å²) in [6.07, 6.45) is 0. The Morgan fingerprint density at radius 3 is 1.26 bits per heavy atom. The third kappa shape index (κ3) is 5.59. The van der Waals surface area contributed by atoms with Crippen LogP contribution >= 0.6 is 0 Å². The zero-order chi connectivity index (χ0) is 39.8. The van der Waals surface area contributed by atoms with Gasteiger partial charge < -0.3 is 4.90 Å². The van der Waals surface area contributed by atoms with E-state index in [1.165, 1.54) is 83.6 Å². The lowest BCUT2D eigenvalue weighted by Gasteiger charge is -2.33. The molecule has 0 N–H and O–H groups in total. The maximum Gasteiger partial charge on any atom is 0.0726 e. The largest absolute Gasteiger partial charge is 0.310 e. The number of hydrogen-bond acceptors (Lipinski definition) is 1.